The first-order valence-corrected chi connectivity index (χ1v) is 12.0. The summed E-state index contributed by atoms with van der Waals surface area (Å²) in [4.78, 5) is 37.1. The molecule has 4 rings (SSSR count). The Labute approximate surface area is 205 Å². The zero-order valence-electron chi connectivity index (χ0n) is 19.8. The summed E-state index contributed by atoms with van der Waals surface area (Å²) in [6.45, 7) is 1.82. The van der Waals surface area contributed by atoms with Gasteiger partial charge in [0.1, 0.15) is 12.6 Å². The first-order valence-electron chi connectivity index (χ1n) is 12.0. The van der Waals surface area contributed by atoms with Gasteiger partial charge < -0.3 is 20.5 Å². The summed E-state index contributed by atoms with van der Waals surface area (Å²) in [7, 11) is 0. The number of benzene rings is 2. The van der Waals surface area contributed by atoms with Crippen LogP contribution in [0.25, 0.3) is 11.1 Å². The van der Waals surface area contributed by atoms with Crippen LogP contribution in [0, 0.1) is 17.8 Å². The lowest BCUT2D eigenvalue weighted by atomic mass is 9.83. The Bertz CT molecular complexity index is 1120. The summed E-state index contributed by atoms with van der Waals surface area (Å²) in [6, 6.07) is 14.8. The van der Waals surface area contributed by atoms with Crippen LogP contribution >= 0.6 is 0 Å². The fourth-order valence-corrected chi connectivity index (χ4v) is 5.09. The fourth-order valence-electron chi connectivity index (χ4n) is 5.09. The van der Waals surface area contributed by atoms with Crippen LogP contribution in [0.15, 0.2) is 48.5 Å². The third-order valence-electron chi connectivity index (χ3n) is 6.85. The van der Waals surface area contributed by atoms with Crippen LogP contribution in [-0.2, 0) is 14.3 Å². The zero-order chi connectivity index (χ0) is 24.8. The minimum atomic E-state index is -1.13. The van der Waals surface area contributed by atoms with E-state index in [0.717, 1.165) is 35.1 Å². The van der Waals surface area contributed by atoms with E-state index >= 15 is 0 Å². The Kier molecular flexibility index (Phi) is 7.71. The van der Waals surface area contributed by atoms with Crippen molar-refractivity contribution >= 4 is 18.0 Å². The van der Waals surface area contributed by atoms with E-state index in [1.165, 1.54) is 0 Å². The predicted molar refractivity (Wildman–Crippen MR) is 132 cm³/mol. The lowest BCUT2D eigenvalue weighted by molar-refractivity contribution is -0.142. The lowest BCUT2D eigenvalue weighted by Gasteiger charge is -2.31. The highest BCUT2D eigenvalue weighted by atomic mass is 16.5. The van der Waals surface area contributed by atoms with Gasteiger partial charge in [0.25, 0.3) is 0 Å². The van der Waals surface area contributed by atoms with Crippen molar-refractivity contribution in [2.45, 2.75) is 57.0 Å². The maximum atomic E-state index is 12.9. The zero-order valence-corrected chi connectivity index (χ0v) is 19.8. The highest BCUT2D eigenvalue weighted by molar-refractivity contribution is 5.86. The number of carbonyl (C=O) groups excluding carboxylic acids is 2. The van der Waals surface area contributed by atoms with Gasteiger partial charge in [0, 0.05) is 18.4 Å². The molecule has 2 aromatic carbocycles. The summed E-state index contributed by atoms with van der Waals surface area (Å²) in [6.07, 6.45) is 2.40. The topological polar surface area (TPSA) is 105 Å². The SMILES string of the molecule is CC#CCC(NC(=O)C1CCCCC1NC(=O)OCC1c2ccccc2-c2ccccc21)C(=O)O. The molecular weight excluding hydrogens is 444 g/mol. The van der Waals surface area contributed by atoms with E-state index in [1.54, 1.807) is 6.92 Å². The summed E-state index contributed by atoms with van der Waals surface area (Å²) in [5.74, 6) is 3.29. The average Bonchev–Trinajstić information content (AvgIpc) is 3.19. The molecule has 0 spiro atoms. The molecule has 182 valence electrons. The van der Waals surface area contributed by atoms with Crippen molar-refractivity contribution in [2.75, 3.05) is 6.61 Å². The molecule has 0 heterocycles. The number of rotatable bonds is 7. The van der Waals surface area contributed by atoms with E-state index in [0.29, 0.717) is 12.8 Å². The summed E-state index contributed by atoms with van der Waals surface area (Å²) in [5.41, 5.74) is 4.57. The quantitative estimate of drug-likeness (QED) is 0.525. The Morgan fingerprint density at radius 2 is 1.66 bits per heavy atom. The maximum Gasteiger partial charge on any atom is 0.407 e. The number of carboxylic acid groups (broad SMARTS) is 1. The molecule has 2 aliphatic carbocycles. The van der Waals surface area contributed by atoms with Gasteiger partial charge in [0.15, 0.2) is 0 Å². The number of fused-ring (bicyclic) bond motifs is 3. The molecule has 1 saturated carbocycles. The third-order valence-corrected chi connectivity index (χ3v) is 6.85. The Morgan fingerprint density at radius 1 is 1.03 bits per heavy atom. The molecule has 0 bridgehead atoms. The van der Waals surface area contributed by atoms with Crippen molar-refractivity contribution in [3.63, 3.8) is 0 Å². The van der Waals surface area contributed by atoms with Gasteiger partial charge >= 0.3 is 12.1 Å². The van der Waals surface area contributed by atoms with Gasteiger partial charge in [-0.2, -0.15) is 0 Å². The molecule has 0 radical (unpaired) electrons. The molecule has 3 unspecified atom stereocenters. The van der Waals surface area contributed by atoms with E-state index in [9.17, 15) is 19.5 Å². The standard InChI is InChI=1S/C28H30N2O5/c1-2-3-15-25(27(32)33)29-26(31)22-14-8-9-16-24(22)30-28(34)35-17-23-20-12-6-4-10-18(20)19-11-5-7-13-21(19)23/h4-7,10-13,22-25H,8-9,14-17H2,1H3,(H,29,31)(H,30,34)(H,32,33). The normalized spacial score (nSPS) is 19.3. The number of carbonyl (C=O) groups is 3. The van der Waals surface area contributed by atoms with Crippen molar-refractivity contribution in [1.29, 1.82) is 0 Å². The van der Waals surface area contributed by atoms with E-state index in [-0.39, 0.29) is 24.9 Å². The van der Waals surface area contributed by atoms with Crippen molar-refractivity contribution in [1.82, 2.24) is 10.6 Å². The van der Waals surface area contributed by atoms with Gasteiger partial charge in [0.2, 0.25) is 5.91 Å². The molecule has 3 N–H and O–H groups in total. The second kappa shape index (κ2) is 11.1. The summed E-state index contributed by atoms with van der Waals surface area (Å²) < 4.78 is 5.65. The number of ether oxygens (including phenoxy) is 1. The minimum absolute atomic E-state index is 0.0365. The van der Waals surface area contributed by atoms with Gasteiger partial charge in [-0.05, 0) is 42.0 Å². The van der Waals surface area contributed by atoms with Crippen LogP contribution in [0.2, 0.25) is 0 Å². The van der Waals surface area contributed by atoms with Gasteiger partial charge in [-0.25, -0.2) is 9.59 Å². The minimum Gasteiger partial charge on any atom is -0.480 e. The number of carboxylic acids is 1. The summed E-state index contributed by atoms with van der Waals surface area (Å²) in [5, 5.41) is 14.9. The largest absolute Gasteiger partial charge is 0.480 e. The van der Waals surface area contributed by atoms with Crippen molar-refractivity contribution in [2.24, 2.45) is 5.92 Å². The Hall–Kier alpha value is -3.79. The molecule has 35 heavy (non-hydrogen) atoms. The van der Waals surface area contributed by atoms with Crippen molar-refractivity contribution in [3.05, 3.63) is 59.7 Å². The third kappa shape index (κ3) is 5.48. The molecule has 2 aliphatic rings. The maximum absolute atomic E-state index is 12.9. The van der Waals surface area contributed by atoms with E-state index in [1.807, 2.05) is 24.3 Å². The smallest absolute Gasteiger partial charge is 0.407 e. The van der Waals surface area contributed by atoms with E-state index in [4.69, 9.17) is 4.74 Å². The van der Waals surface area contributed by atoms with Crippen LogP contribution in [0.5, 0.6) is 0 Å². The fraction of sp³-hybridized carbons (Fsp3) is 0.393. The monoisotopic (exact) mass is 474 g/mol. The van der Waals surface area contributed by atoms with Gasteiger partial charge in [-0.15, -0.1) is 11.8 Å². The number of amides is 2. The number of alkyl carbamates (subject to hydrolysis) is 1. The average molecular weight is 475 g/mol. The molecule has 0 aromatic heterocycles. The van der Waals surface area contributed by atoms with Crippen LogP contribution in [0.1, 0.15) is 56.1 Å². The van der Waals surface area contributed by atoms with Gasteiger partial charge in [-0.3, -0.25) is 4.79 Å². The number of hydrogen-bond acceptors (Lipinski definition) is 4. The highest BCUT2D eigenvalue weighted by Gasteiger charge is 2.35. The first-order chi connectivity index (χ1) is 17.0. The van der Waals surface area contributed by atoms with Crippen LogP contribution in [-0.4, -0.2) is 41.8 Å². The van der Waals surface area contributed by atoms with Crippen LogP contribution in [0.3, 0.4) is 0 Å². The lowest BCUT2D eigenvalue weighted by Crippen LogP contribution is -2.51. The molecule has 2 aromatic rings. The molecule has 1 fully saturated rings. The predicted octanol–water partition coefficient (Wildman–Crippen LogP) is 4.07. The molecule has 7 nitrogen and oxygen atoms in total. The molecule has 2 amide bonds. The molecule has 0 saturated heterocycles. The Morgan fingerprint density at radius 3 is 2.29 bits per heavy atom. The number of nitrogens with one attached hydrogen (secondary N) is 2. The van der Waals surface area contributed by atoms with Crippen molar-refractivity contribution in [3.8, 4) is 23.0 Å². The van der Waals surface area contributed by atoms with E-state index in [2.05, 4.69) is 46.7 Å². The molecule has 7 heteroatoms. The van der Waals surface area contributed by atoms with Crippen molar-refractivity contribution < 1.29 is 24.2 Å². The number of aliphatic carboxylic acids is 1. The van der Waals surface area contributed by atoms with E-state index < -0.39 is 30.1 Å². The highest BCUT2D eigenvalue weighted by Crippen LogP contribution is 2.44. The van der Waals surface area contributed by atoms with Crippen LogP contribution < -0.4 is 10.6 Å². The number of hydrogen-bond donors (Lipinski definition) is 3. The second-order valence-corrected chi connectivity index (χ2v) is 9.00. The molecular formula is C28H30N2O5. The molecule has 3 atom stereocenters. The van der Waals surface area contributed by atoms with Gasteiger partial charge in [0.05, 0.1) is 5.92 Å². The van der Waals surface area contributed by atoms with Gasteiger partial charge in [-0.1, -0.05) is 61.4 Å². The summed E-state index contributed by atoms with van der Waals surface area (Å²) >= 11 is 0. The van der Waals surface area contributed by atoms with Crippen LogP contribution in [0.4, 0.5) is 4.79 Å². The second-order valence-electron chi connectivity index (χ2n) is 9.00. The molecule has 0 aliphatic heterocycles. The first kappa shape index (κ1) is 24.3. The Balaban J connectivity index is 1.38.